The lowest BCUT2D eigenvalue weighted by Gasteiger charge is -2.11. The lowest BCUT2D eigenvalue weighted by Crippen LogP contribution is -2.27. The monoisotopic (exact) mass is 332 g/mol. The Labute approximate surface area is 114 Å². The molecule has 1 atom stereocenters. The predicted octanol–water partition coefficient (Wildman–Crippen LogP) is 1.99. The topological polar surface area (TPSA) is 60.4 Å². The van der Waals surface area contributed by atoms with Crippen LogP contribution in [-0.4, -0.2) is 26.2 Å². The minimum atomic E-state index is -3.50. The fourth-order valence-corrected chi connectivity index (χ4v) is 4.10. The second-order valence-corrected chi connectivity index (χ2v) is 7.31. The van der Waals surface area contributed by atoms with Crippen molar-refractivity contribution in [3.63, 3.8) is 0 Å². The summed E-state index contributed by atoms with van der Waals surface area (Å²) >= 11 is 3.36. The van der Waals surface area contributed by atoms with Crippen LogP contribution in [0.15, 0.2) is 22.7 Å². The number of carbonyl (C=O) groups excluding carboxylic acids is 1. The number of rotatable bonds is 3. The van der Waals surface area contributed by atoms with Crippen molar-refractivity contribution < 1.29 is 17.9 Å². The van der Waals surface area contributed by atoms with E-state index in [-0.39, 0.29) is 18.8 Å². The average molecular weight is 333 g/mol. The summed E-state index contributed by atoms with van der Waals surface area (Å²) in [5, 5.41) is -1.00. The zero-order valence-corrected chi connectivity index (χ0v) is 12.3. The second kappa shape index (κ2) is 5.01. The van der Waals surface area contributed by atoms with Gasteiger partial charge in [-0.1, -0.05) is 28.1 Å². The zero-order valence-electron chi connectivity index (χ0n) is 9.85. The van der Waals surface area contributed by atoms with E-state index in [9.17, 15) is 13.2 Å². The van der Waals surface area contributed by atoms with Crippen LogP contribution in [0, 0.1) is 6.92 Å². The fraction of sp³-hybridized carbons (Fsp3) is 0.417. The first-order chi connectivity index (χ1) is 8.42. The molecule has 0 N–H and O–H groups in total. The highest BCUT2D eigenvalue weighted by molar-refractivity contribution is 9.10. The van der Waals surface area contributed by atoms with Crippen molar-refractivity contribution in [2.75, 3.05) is 6.61 Å². The van der Waals surface area contributed by atoms with Gasteiger partial charge in [-0.15, -0.1) is 0 Å². The standard InChI is InChI=1S/C12H13BrO4S/c1-8-9(3-2-4-10(8)13)7-18(15,16)11-5-6-17-12(11)14/h2-4,11H,5-7H2,1H3. The van der Waals surface area contributed by atoms with Gasteiger partial charge in [-0.05, 0) is 24.1 Å². The maximum Gasteiger partial charge on any atom is 0.324 e. The van der Waals surface area contributed by atoms with E-state index in [2.05, 4.69) is 15.9 Å². The van der Waals surface area contributed by atoms with Crippen molar-refractivity contribution in [2.24, 2.45) is 0 Å². The van der Waals surface area contributed by atoms with Crippen molar-refractivity contribution in [3.05, 3.63) is 33.8 Å². The molecular formula is C12H13BrO4S. The van der Waals surface area contributed by atoms with Crippen molar-refractivity contribution in [1.29, 1.82) is 0 Å². The van der Waals surface area contributed by atoms with Crippen molar-refractivity contribution >= 4 is 31.7 Å². The number of sulfone groups is 1. The Hall–Kier alpha value is -0.880. The van der Waals surface area contributed by atoms with Gasteiger partial charge < -0.3 is 4.74 Å². The van der Waals surface area contributed by atoms with Crippen LogP contribution >= 0.6 is 15.9 Å². The van der Waals surface area contributed by atoms with E-state index in [1.54, 1.807) is 12.1 Å². The van der Waals surface area contributed by atoms with Gasteiger partial charge in [-0.3, -0.25) is 4.79 Å². The minimum absolute atomic E-state index is 0.127. The van der Waals surface area contributed by atoms with Crippen LogP contribution in [0.3, 0.4) is 0 Å². The number of ether oxygens (including phenoxy) is 1. The highest BCUT2D eigenvalue weighted by Gasteiger charge is 2.38. The number of hydrogen-bond donors (Lipinski definition) is 0. The van der Waals surface area contributed by atoms with Gasteiger partial charge in [-0.25, -0.2) is 8.42 Å². The fourth-order valence-electron chi connectivity index (χ4n) is 1.93. The molecule has 0 saturated carbocycles. The summed E-state index contributed by atoms with van der Waals surface area (Å²) in [5.74, 6) is -0.749. The van der Waals surface area contributed by atoms with E-state index < -0.39 is 21.1 Å². The van der Waals surface area contributed by atoms with Crippen LogP contribution in [0.4, 0.5) is 0 Å². The van der Waals surface area contributed by atoms with Crippen LogP contribution in [0.1, 0.15) is 17.5 Å². The summed E-state index contributed by atoms with van der Waals surface area (Å²) in [6.07, 6.45) is 0.258. The molecule has 1 fully saturated rings. The molecule has 0 bridgehead atoms. The molecule has 0 aromatic heterocycles. The molecule has 1 aromatic carbocycles. The molecule has 1 heterocycles. The highest BCUT2D eigenvalue weighted by atomic mass is 79.9. The largest absolute Gasteiger partial charge is 0.465 e. The Kier molecular flexibility index (Phi) is 3.77. The number of hydrogen-bond acceptors (Lipinski definition) is 4. The predicted molar refractivity (Wildman–Crippen MR) is 70.9 cm³/mol. The van der Waals surface area contributed by atoms with Gasteiger partial charge >= 0.3 is 5.97 Å². The molecule has 4 nitrogen and oxygen atoms in total. The van der Waals surface area contributed by atoms with Crippen LogP contribution in [0.5, 0.6) is 0 Å². The summed E-state index contributed by atoms with van der Waals surface area (Å²) in [6.45, 7) is 2.04. The van der Waals surface area contributed by atoms with Gasteiger partial charge in [0.25, 0.3) is 0 Å². The molecule has 1 saturated heterocycles. The van der Waals surface area contributed by atoms with E-state index in [0.717, 1.165) is 10.0 Å². The molecule has 1 aromatic rings. The molecule has 6 heteroatoms. The smallest absolute Gasteiger partial charge is 0.324 e. The molecule has 1 aliphatic rings. The third-order valence-electron chi connectivity index (χ3n) is 3.06. The number of esters is 1. The zero-order chi connectivity index (χ0) is 13.3. The Morgan fingerprint density at radius 2 is 2.17 bits per heavy atom. The average Bonchev–Trinajstić information content (AvgIpc) is 2.72. The number of cyclic esters (lactones) is 1. The van der Waals surface area contributed by atoms with Gasteiger partial charge in [0.05, 0.1) is 12.4 Å². The first-order valence-electron chi connectivity index (χ1n) is 5.54. The van der Waals surface area contributed by atoms with Crippen LogP contribution in [0.2, 0.25) is 0 Å². The van der Waals surface area contributed by atoms with Crippen molar-refractivity contribution in [1.82, 2.24) is 0 Å². The molecule has 1 unspecified atom stereocenters. The number of halogens is 1. The van der Waals surface area contributed by atoms with E-state index >= 15 is 0 Å². The Bertz CT molecular complexity index is 580. The van der Waals surface area contributed by atoms with E-state index in [1.165, 1.54) is 0 Å². The second-order valence-electron chi connectivity index (χ2n) is 4.28. The van der Waals surface area contributed by atoms with Gasteiger partial charge in [0.2, 0.25) is 0 Å². The van der Waals surface area contributed by atoms with Crippen molar-refractivity contribution in [3.8, 4) is 0 Å². The molecule has 0 amide bonds. The summed E-state index contributed by atoms with van der Waals surface area (Å²) in [4.78, 5) is 11.4. The third-order valence-corrected chi connectivity index (χ3v) is 5.92. The Morgan fingerprint density at radius 1 is 1.44 bits per heavy atom. The summed E-state index contributed by atoms with van der Waals surface area (Å²) in [5.41, 5.74) is 1.59. The van der Waals surface area contributed by atoms with E-state index in [1.807, 2.05) is 13.0 Å². The molecule has 1 aliphatic heterocycles. The summed E-state index contributed by atoms with van der Waals surface area (Å²) in [6, 6.07) is 5.40. The number of benzene rings is 1. The SMILES string of the molecule is Cc1c(Br)cccc1CS(=O)(=O)C1CCOC1=O. The van der Waals surface area contributed by atoms with Gasteiger partial charge in [0.15, 0.2) is 15.1 Å². The minimum Gasteiger partial charge on any atom is -0.465 e. The first-order valence-corrected chi connectivity index (χ1v) is 8.05. The van der Waals surface area contributed by atoms with E-state index in [4.69, 9.17) is 4.74 Å². The summed E-state index contributed by atoms with van der Waals surface area (Å²) < 4.78 is 29.9. The van der Waals surface area contributed by atoms with Gasteiger partial charge in [0.1, 0.15) is 0 Å². The molecular weight excluding hydrogens is 320 g/mol. The third kappa shape index (κ3) is 2.59. The van der Waals surface area contributed by atoms with Crippen LogP contribution < -0.4 is 0 Å². The quantitative estimate of drug-likeness (QED) is 0.794. The normalized spacial score (nSPS) is 19.9. The van der Waals surface area contributed by atoms with Crippen LogP contribution in [0.25, 0.3) is 0 Å². The van der Waals surface area contributed by atoms with E-state index in [0.29, 0.717) is 5.56 Å². The van der Waals surface area contributed by atoms with Crippen molar-refractivity contribution in [2.45, 2.75) is 24.3 Å². The molecule has 0 aliphatic carbocycles. The highest BCUT2D eigenvalue weighted by Crippen LogP contribution is 2.24. The first kappa shape index (κ1) is 13.5. The molecule has 18 heavy (non-hydrogen) atoms. The molecule has 2 rings (SSSR count). The maximum atomic E-state index is 12.2. The maximum absolute atomic E-state index is 12.2. The Balaban J connectivity index is 2.28. The summed E-state index contributed by atoms with van der Waals surface area (Å²) in [7, 11) is -3.50. The lowest BCUT2D eigenvalue weighted by molar-refractivity contribution is -0.137. The number of carbonyl (C=O) groups is 1. The van der Waals surface area contributed by atoms with Gasteiger partial charge in [-0.2, -0.15) is 0 Å². The van der Waals surface area contributed by atoms with Crippen LogP contribution in [-0.2, 0) is 25.1 Å². The molecule has 0 spiro atoms. The van der Waals surface area contributed by atoms with Gasteiger partial charge in [0, 0.05) is 10.9 Å². The lowest BCUT2D eigenvalue weighted by atomic mass is 10.1. The molecule has 0 radical (unpaired) electrons. The Morgan fingerprint density at radius 3 is 2.78 bits per heavy atom. The molecule has 98 valence electrons.